The first kappa shape index (κ1) is 15.7. The number of rotatable bonds is 5. The molecule has 2 aromatic rings. The second-order valence-corrected chi connectivity index (χ2v) is 4.85. The van der Waals surface area contributed by atoms with Gasteiger partial charge in [0.1, 0.15) is 24.0 Å². The lowest BCUT2D eigenvalue weighted by atomic mass is 10.2. The first-order chi connectivity index (χ1) is 10.5. The van der Waals surface area contributed by atoms with Crippen molar-refractivity contribution in [3.8, 4) is 5.75 Å². The van der Waals surface area contributed by atoms with E-state index in [4.69, 9.17) is 4.74 Å². The lowest BCUT2D eigenvalue weighted by Crippen LogP contribution is -2.13. The van der Waals surface area contributed by atoms with Crippen LogP contribution in [0.2, 0.25) is 0 Å². The van der Waals surface area contributed by atoms with Crippen LogP contribution in [-0.4, -0.2) is 12.5 Å². The summed E-state index contributed by atoms with van der Waals surface area (Å²) >= 11 is 0. The van der Waals surface area contributed by atoms with Crippen LogP contribution in [0.4, 0.5) is 14.5 Å². The van der Waals surface area contributed by atoms with Crippen LogP contribution in [0.15, 0.2) is 54.6 Å². The highest BCUT2D eigenvalue weighted by Gasteiger charge is 2.12. The summed E-state index contributed by atoms with van der Waals surface area (Å²) in [5, 5.41) is 2.54. The quantitative estimate of drug-likeness (QED) is 0.842. The fourth-order valence-electron chi connectivity index (χ4n) is 1.71. The van der Waals surface area contributed by atoms with Crippen molar-refractivity contribution in [2.24, 2.45) is 0 Å². The fraction of sp³-hybridized carbons (Fsp3) is 0.118. The van der Waals surface area contributed by atoms with Gasteiger partial charge in [-0.3, -0.25) is 4.79 Å². The molecule has 0 fully saturated rings. The van der Waals surface area contributed by atoms with Crippen molar-refractivity contribution in [2.45, 2.75) is 6.92 Å². The number of hydrogen-bond acceptors (Lipinski definition) is 2. The van der Waals surface area contributed by atoms with Crippen molar-refractivity contribution < 1.29 is 18.3 Å². The molecule has 0 radical (unpaired) electrons. The molecule has 1 amide bonds. The monoisotopic (exact) mass is 303 g/mol. The van der Waals surface area contributed by atoms with E-state index in [0.29, 0.717) is 24.1 Å². The number of amides is 1. The van der Waals surface area contributed by atoms with Gasteiger partial charge in [0.25, 0.3) is 5.91 Å². The number of ether oxygens (including phenoxy) is 1. The van der Waals surface area contributed by atoms with Crippen LogP contribution in [0, 0.1) is 11.6 Å². The molecule has 0 bridgehead atoms. The third-order valence-electron chi connectivity index (χ3n) is 2.77. The Morgan fingerprint density at radius 1 is 1.18 bits per heavy atom. The smallest absolute Gasteiger partial charge is 0.258 e. The zero-order valence-electron chi connectivity index (χ0n) is 12.0. The molecule has 0 aromatic heterocycles. The molecule has 0 aliphatic carbocycles. The zero-order valence-corrected chi connectivity index (χ0v) is 12.0. The second kappa shape index (κ2) is 6.85. The van der Waals surface area contributed by atoms with Crippen LogP contribution in [0.1, 0.15) is 17.3 Å². The summed E-state index contributed by atoms with van der Waals surface area (Å²) in [6.45, 7) is 5.99. The summed E-state index contributed by atoms with van der Waals surface area (Å²) in [7, 11) is 0. The van der Waals surface area contributed by atoms with E-state index in [0.717, 1.165) is 17.7 Å². The van der Waals surface area contributed by atoms with Gasteiger partial charge in [0.05, 0.1) is 5.56 Å². The topological polar surface area (TPSA) is 38.3 Å². The van der Waals surface area contributed by atoms with Gasteiger partial charge in [0, 0.05) is 11.8 Å². The molecule has 0 spiro atoms. The molecule has 3 nitrogen and oxygen atoms in total. The highest BCUT2D eigenvalue weighted by atomic mass is 19.1. The maximum Gasteiger partial charge on any atom is 0.258 e. The number of carbonyl (C=O) groups excluding carboxylic acids is 1. The molecule has 0 atom stereocenters. The first-order valence-corrected chi connectivity index (χ1v) is 6.59. The number of anilines is 1. The number of benzene rings is 2. The normalized spacial score (nSPS) is 10.1. The molecule has 5 heteroatoms. The minimum absolute atomic E-state index is 0.219. The molecular weight excluding hydrogens is 288 g/mol. The summed E-state index contributed by atoms with van der Waals surface area (Å²) in [6, 6.07) is 9.43. The molecule has 2 rings (SSSR count). The average molecular weight is 303 g/mol. The highest BCUT2D eigenvalue weighted by molar-refractivity contribution is 6.04. The third-order valence-corrected chi connectivity index (χ3v) is 2.77. The summed E-state index contributed by atoms with van der Waals surface area (Å²) in [4.78, 5) is 11.9. The standard InChI is InChI=1S/C17H15F2NO2/c1-11(2)10-22-14-6-4-13(5-7-14)20-17(21)15-8-3-12(18)9-16(15)19/h3-9H,1,10H2,2H3,(H,20,21). The number of halogens is 2. The van der Waals surface area contributed by atoms with E-state index in [1.54, 1.807) is 24.3 Å². The maximum atomic E-state index is 13.5. The van der Waals surface area contributed by atoms with E-state index in [2.05, 4.69) is 11.9 Å². The lowest BCUT2D eigenvalue weighted by Gasteiger charge is -2.08. The van der Waals surface area contributed by atoms with Gasteiger partial charge in [-0.05, 0) is 48.9 Å². The lowest BCUT2D eigenvalue weighted by molar-refractivity contribution is 0.102. The Balaban J connectivity index is 2.04. The van der Waals surface area contributed by atoms with Crippen molar-refractivity contribution in [2.75, 3.05) is 11.9 Å². The predicted molar refractivity (Wildman–Crippen MR) is 81.1 cm³/mol. The molecule has 0 aliphatic heterocycles. The third kappa shape index (κ3) is 4.15. The van der Waals surface area contributed by atoms with Crippen molar-refractivity contribution >= 4 is 11.6 Å². The molecule has 0 saturated carbocycles. The zero-order chi connectivity index (χ0) is 16.1. The molecule has 0 unspecified atom stereocenters. The minimum atomic E-state index is -0.904. The van der Waals surface area contributed by atoms with Crippen LogP contribution in [0.25, 0.3) is 0 Å². The van der Waals surface area contributed by atoms with Crippen molar-refractivity contribution in [3.05, 3.63) is 71.8 Å². The predicted octanol–water partition coefficient (Wildman–Crippen LogP) is 4.17. The van der Waals surface area contributed by atoms with E-state index >= 15 is 0 Å². The Morgan fingerprint density at radius 3 is 2.45 bits per heavy atom. The summed E-state index contributed by atoms with van der Waals surface area (Å²) in [5.41, 5.74) is 1.16. The van der Waals surface area contributed by atoms with Gasteiger partial charge in [-0.15, -0.1) is 0 Å². The molecule has 114 valence electrons. The van der Waals surface area contributed by atoms with Crippen LogP contribution in [0.3, 0.4) is 0 Å². The van der Waals surface area contributed by atoms with E-state index in [-0.39, 0.29) is 5.56 Å². The van der Waals surface area contributed by atoms with Crippen molar-refractivity contribution in [3.63, 3.8) is 0 Å². The molecule has 0 heterocycles. The van der Waals surface area contributed by atoms with E-state index in [9.17, 15) is 13.6 Å². The Labute approximate surface area is 127 Å². The molecular formula is C17H15F2NO2. The summed E-state index contributed by atoms with van der Waals surface area (Å²) in [6.07, 6.45) is 0. The Hall–Kier alpha value is -2.69. The summed E-state index contributed by atoms with van der Waals surface area (Å²) in [5.74, 6) is -1.64. The van der Waals surface area contributed by atoms with E-state index < -0.39 is 17.5 Å². The second-order valence-electron chi connectivity index (χ2n) is 4.85. The van der Waals surface area contributed by atoms with Gasteiger partial charge in [0.2, 0.25) is 0 Å². The van der Waals surface area contributed by atoms with Crippen LogP contribution < -0.4 is 10.1 Å². The van der Waals surface area contributed by atoms with Crippen LogP contribution in [0.5, 0.6) is 5.75 Å². The SMILES string of the molecule is C=C(C)COc1ccc(NC(=O)c2ccc(F)cc2F)cc1. The van der Waals surface area contributed by atoms with Crippen LogP contribution in [-0.2, 0) is 0 Å². The average Bonchev–Trinajstić information content (AvgIpc) is 2.46. The Kier molecular flexibility index (Phi) is 4.88. The molecule has 22 heavy (non-hydrogen) atoms. The number of nitrogens with one attached hydrogen (secondary N) is 1. The van der Waals surface area contributed by atoms with Gasteiger partial charge in [-0.1, -0.05) is 6.58 Å². The van der Waals surface area contributed by atoms with Gasteiger partial charge in [0.15, 0.2) is 0 Å². The molecule has 0 saturated heterocycles. The number of hydrogen-bond donors (Lipinski definition) is 1. The minimum Gasteiger partial charge on any atom is -0.489 e. The van der Waals surface area contributed by atoms with E-state index in [1.807, 2.05) is 6.92 Å². The van der Waals surface area contributed by atoms with Gasteiger partial charge < -0.3 is 10.1 Å². The molecule has 0 aliphatic rings. The molecule has 1 N–H and O–H groups in total. The van der Waals surface area contributed by atoms with E-state index in [1.165, 1.54) is 0 Å². The maximum absolute atomic E-state index is 13.5. The fourth-order valence-corrected chi connectivity index (χ4v) is 1.71. The van der Waals surface area contributed by atoms with Gasteiger partial charge >= 0.3 is 0 Å². The van der Waals surface area contributed by atoms with Gasteiger partial charge in [-0.2, -0.15) is 0 Å². The van der Waals surface area contributed by atoms with Gasteiger partial charge in [-0.25, -0.2) is 8.78 Å². The molecule has 2 aromatic carbocycles. The highest BCUT2D eigenvalue weighted by Crippen LogP contribution is 2.18. The first-order valence-electron chi connectivity index (χ1n) is 6.59. The Bertz CT molecular complexity index is 696. The number of carbonyl (C=O) groups is 1. The summed E-state index contributed by atoms with van der Waals surface area (Å²) < 4.78 is 31.8. The van der Waals surface area contributed by atoms with Crippen molar-refractivity contribution in [1.29, 1.82) is 0 Å². The van der Waals surface area contributed by atoms with Crippen LogP contribution >= 0.6 is 0 Å². The largest absolute Gasteiger partial charge is 0.489 e. The Morgan fingerprint density at radius 2 is 1.86 bits per heavy atom. The van der Waals surface area contributed by atoms with Crippen molar-refractivity contribution in [1.82, 2.24) is 0 Å².